The number of rotatable bonds is 10. The predicted molar refractivity (Wildman–Crippen MR) is 81.5 cm³/mol. The zero-order valence-electron chi connectivity index (χ0n) is 27.2. The van der Waals surface area contributed by atoms with E-state index in [-0.39, 0.29) is 275 Å². The van der Waals surface area contributed by atoms with E-state index in [1.807, 2.05) is 0 Å². The molecule has 0 aromatic carbocycles. The maximum Gasteiger partial charge on any atom is 3.00 e. The molecule has 0 rings (SSSR count). The van der Waals surface area contributed by atoms with Gasteiger partial charge in [0.2, 0.25) is 0 Å². The van der Waals surface area contributed by atoms with Crippen LogP contribution >= 0.6 is 78.2 Å². The Morgan fingerprint density at radius 1 is 0.179 bits per heavy atom. The molecular weight excluding hydrogens is 1250 g/mol. The second-order valence-electron chi connectivity index (χ2n) is 4.88. The summed E-state index contributed by atoms with van der Waals surface area (Å²) in [6.45, 7) is 0. The minimum absolute atomic E-state index is 0. The molecule has 56 heavy (non-hydrogen) atoms. The third-order valence-electron chi connectivity index (χ3n) is 1.000. The topological polar surface area (TPSA) is 678 Å². The van der Waals surface area contributed by atoms with Gasteiger partial charge in [-0.2, -0.15) is 0 Å². The Labute approximate surface area is 509 Å². The fraction of sp³-hybridized carbons (Fsp3) is 0. The van der Waals surface area contributed by atoms with Crippen molar-refractivity contribution >= 4 is 78.2 Å². The molecule has 0 aliphatic heterocycles. The van der Waals surface area contributed by atoms with Crippen molar-refractivity contribution in [3.05, 3.63) is 0 Å². The molecule has 0 aromatic rings. The Morgan fingerprint density at radius 2 is 0.214 bits per heavy atom. The molecule has 0 spiro atoms. The van der Waals surface area contributed by atoms with Gasteiger partial charge in [-0.25, -0.2) is 0 Å². The van der Waals surface area contributed by atoms with Crippen LogP contribution in [0.5, 0.6) is 0 Å². The SMILES string of the molecule is O=P([O-])([O-])OP(=O)([O-])[O-].O=P([O-])([O-])OP(=O)([O-])[O-].O=P([O-])([O-])OP(=O)([O-])[O-].O=P([O-])([O-])OP(=O)([O-])[O-].O=P([O-])([O-])OP(=O)([O-])[O-].[Fe+3].[Fe+3].[Fe+3].[Fe+3].[Na+].[Na+].[Na+].[Na+].[Na+].[Na+].[Na+]. The predicted octanol–water partition coefficient (Wildman–Crippen LogP) is -37.7. The molecule has 0 aliphatic carbocycles. The molecule has 56 heteroatoms. The average Bonchev–Trinajstić information content (AvgIpc) is 2.36. The fourth-order valence-electron chi connectivity index (χ4n) is 0.612. The standard InChI is InChI=1S/4Fe.7Na.5H4O7P2/c;;;;;;;;;;;5*1-8(2,3)7-9(4,5)6/h;;;;;;;;;;;5*(H2,1,2,3)(H2,4,5,6)/q4*+3;7*+1;;;;;/p-20. The first-order valence-electron chi connectivity index (χ1n) is 7.30. The Kier molecular flexibility index (Phi) is 95.2. The van der Waals surface area contributed by atoms with Crippen LogP contribution in [-0.4, -0.2) is 0 Å². The van der Waals surface area contributed by atoms with Crippen molar-refractivity contribution in [2.45, 2.75) is 0 Å². The molecule has 0 aromatic heterocycles. The minimum Gasteiger partial charge on any atom is -0.790 e. The summed E-state index contributed by atoms with van der Waals surface area (Å²) in [5, 5.41) is 0. The van der Waals surface area contributed by atoms with Gasteiger partial charge in [0, 0.05) is 0 Å². The molecule has 0 fully saturated rings. The van der Waals surface area contributed by atoms with E-state index in [0.717, 1.165) is 0 Å². The van der Waals surface area contributed by atoms with Crippen LogP contribution in [0.3, 0.4) is 0 Å². The first-order chi connectivity index (χ1) is 18.5. The van der Waals surface area contributed by atoms with E-state index >= 15 is 0 Å². The van der Waals surface area contributed by atoms with Gasteiger partial charge < -0.3 is 165 Å². The summed E-state index contributed by atoms with van der Waals surface area (Å²) in [5.41, 5.74) is 0. The third-order valence-corrected chi connectivity index (χ3v) is 9.00. The summed E-state index contributed by atoms with van der Waals surface area (Å²) in [7, 11) is -56.8. The molecule has 4 radical (unpaired) electrons. The zero-order chi connectivity index (χ0) is 38.5. The molecule has 300 valence electrons. The van der Waals surface area contributed by atoms with Gasteiger partial charge in [-0.3, -0.25) is 0 Å². The van der Waals surface area contributed by atoms with Crippen molar-refractivity contribution < 1.29 is 440 Å². The van der Waals surface area contributed by atoms with E-state index in [0.29, 0.717) is 0 Å². The van der Waals surface area contributed by atoms with Crippen molar-refractivity contribution in [2.24, 2.45) is 0 Å². The number of hydrogen-bond donors (Lipinski definition) is 0. The summed E-state index contributed by atoms with van der Waals surface area (Å²) in [5.74, 6) is 0. The normalized spacial score (nSPS) is 11.1. The second kappa shape index (κ2) is 47.7. The molecule has 0 heterocycles. The summed E-state index contributed by atoms with van der Waals surface area (Å²) in [6, 6.07) is 0. The van der Waals surface area contributed by atoms with Gasteiger partial charge in [0.25, 0.3) is 0 Å². The van der Waals surface area contributed by atoms with Crippen molar-refractivity contribution in [3.63, 3.8) is 0 Å². The maximum atomic E-state index is 9.32. The minimum atomic E-state index is -5.68. The van der Waals surface area contributed by atoms with E-state index in [4.69, 9.17) is 0 Å². The van der Waals surface area contributed by atoms with Crippen LogP contribution in [0.2, 0.25) is 0 Å². The Morgan fingerprint density at radius 3 is 0.214 bits per heavy atom. The van der Waals surface area contributed by atoms with E-state index in [1.54, 1.807) is 0 Å². The molecule has 0 bridgehead atoms. The molecule has 0 atom stereocenters. The third kappa shape index (κ3) is 159. The van der Waals surface area contributed by atoms with Gasteiger partial charge >= 0.3 is 275 Å². The summed E-state index contributed by atoms with van der Waals surface area (Å²) in [6.07, 6.45) is 0. The summed E-state index contributed by atoms with van der Waals surface area (Å²) < 4.78 is 106. The van der Waals surface area contributed by atoms with Gasteiger partial charge in [-0.15, -0.1) is 0 Å². The van der Waals surface area contributed by atoms with Crippen LogP contribution in [0.15, 0.2) is 0 Å². The number of phosphoric acid groups is 10. The van der Waals surface area contributed by atoms with Gasteiger partial charge in [0.05, 0.1) is 78.2 Å². The maximum absolute atomic E-state index is 9.32. The van der Waals surface area contributed by atoms with E-state index in [9.17, 15) is 144 Å². The molecule has 35 nitrogen and oxygen atoms in total. The van der Waals surface area contributed by atoms with Crippen LogP contribution in [0.25, 0.3) is 0 Å². The molecule has 0 N–H and O–H groups in total. The van der Waals surface area contributed by atoms with E-state index in [2.05, 4.69) is 21.6 Å². The largest absolute Gasteiger partial charge is 3.00 e. The molecular formula is Fe4Na7O35P10-. The van der Waals surface area contributed by atoms with E-state index < -0.39 is 78.2 Å². The van der Waals surface area contributed by atoms with Gasteiger partial charge in [0.1, 0.15) is 0 Å². The van der Waals surface area contributed by atoms with Gasteiger partial charge in [-0.05, 0) is 0 Å². The first kappa shape index (κ1) is 112. The average molecular weight is 1250 g/mol. The molecule has 0 saturated carbocycles. The van der Waals surface area contributed by atoms with Crippen molar-refractivity contribution in [1.29, 1.82) is 0 Å². The Bertz CT molecular complexity index is 1030. The van der Waals surface area contributed by atoms with Crippen LogP contribution in [0.1, 0.15) is 0 Å². The second-order valence-corrected chi connectivity index (χ2v) is 17.1. The van der Waals surface area contributed by atoms with Crippen LogP contribution < -0.4 is 305 Å². The Balaban J connectivity index is -0.0000000243. The van der Waals surface area contributed by atoms with E-state index in [1.165, 1.54) is 0 Å². The first-order valence-corrected chi connectivity index (χ1v) is 21.9. The quantitative estimate of drug-likeness (QED) is 0.145. The Hall–Kier alpha value is 10.4. The smallest absolute Gasteiger partial charge is 0.790 e. The number of hydrogen-bond acceptors (Lipinski definition) is 35. The van der Waals surface area contributed by atoms with Crippen molar-refractivity contribution in [2.75, 3.05) is 0 Å². The fourth-order valence-corrected chi connectivity index (χ4v) is 5.51. The monoisotopic (exact) mass is 1250 g/mol. The molecule has 0 saturated heterocycles. The van der Waals surface area contributed by atoms with Crippen LogP contribution in [0.4, 0.5) is 0 Å². The van der Waals surface area contributed by atoms with Crippen molar-refractivity contribution in [3.8, 4) is 0 Å². The summed E-state index contributed by atoms with van der Waals surface area (Å²) >= 11 is 0. The van der Waals surface area contributed by atoms with Crippen molar-refractivity contribution in [1.82, 2.24) is 0 Å². The molecule has 0 amide bonds. The molecule has 0 aliphatic rings. The van der Waals surface area contributed by atoms with Crippen LogP contribution in [0, 0.1) is 0 Å². The van der Waals surface area contributed by atoms with Gasteiger partial charge in [0.15, 0.2) is 0 Å². The van der Waals surface area contributed by atoms with Crippen LogP contribution in [-0.2, 0) is 135 Å². The summed E-state index contributed by atoms with van der Waals surface area (Å²) in [4.78, 5) is 186. The van der Waals surface area contributed by atoms with Gasteiger partial charge in [-0.1, -0.05) is 0 Å². The molecule has 0 unspecified atom stereocenters. The zero-order valence-corrected chi connectivity index (χ0v) is 54.5.